The molecule has 0 fully saturated rings. The number of pyridine rings is 2. The summed E-state index contributed by atoms with van der Waals surface area (Å²) in [4.78, 5) is 16.6. The zero-order chi connectivity index (χ0) is 18.1. The lowest BCUT2D eigenvalue weighted by molar-refractivity contribution is 0.476. The third-order valence-corrected chi connectivity index (χ3v) is 3.64. The van der Waals surface area contributed by atoms with E-state index in [1.165, 1.54) is 12.1 Å². The minimum atomic E-state index is -0.861. The van der Waals surface area contributed by atoms with E-state index in [-0.39, 0.29) is 17.4 Å². The van der Waals surface area contributed by atoms with Gasteiger partial charge in [0.25, 0.3) is 0 Å². The number of phenols is 1. The number of hydrogen-bond acceptors (Lipinski definition) is 6. The van der Waals surface area contributed by atoms with Crippen molar-refractivity contribution in [2.24, 2.45) is 0 Å². The van der Waals surface area contributed by atoms with Gasteiger partial charge in [0, 0.05) is 29.4 Å². The van der Waals surface area contributed by atoms with Gasteiger partial charge in [-0.1, -0.05) is 0 Å². The molecule has 0 saturated carbocycles. The Morgan fingerprint density at radius 3 is 2.62 bits per heavy atom. The van der Waals surface area contributed by atoms with Crippen molar-refractivity contribution in [3.05, 3.63) is 66.6 Å². The Hall–Kier alpha value is -3.68. The van der Waals surface area contributed by atoms with E-state index in [0.29, 0.717) is 22.3 Å². The van der Waals surface area contributed by atoms with E-state index in [1.807, 2.05) is 0 Å². The van der Waals surface area contributed by atoms with Crippen molar-refractivity contribution in [1.82, 2.24) is 19.9 Å². The van der Waals surface area contributed by atoms with Gasteiger partial charge in [0.15, 0.2) is 17.5 Å². The van der Waals surface area contributed by atoms with Crippen LogP contribution >= 0.6 is 0 Å². The number of nitrogens with one attached hydrogen (secondary N) is 1. The molecule has 3 aromatic heterocycles. The van der Waals surface area contributed by atoms with Gasteiger partial charge >= 0.3 is 0 Å². The molecule has 4 aromatic rings. The summed E-state index contributed by atoms with van der Waals surface area (Å²) >= 11 is 0. The van der Waals surface area contributed by atoms with E-state index in [4.69, 9.17) is 0 Å². The second-order valence-corrected chi connectivity index (χ2v) is 5.45. The van der Waals surface area contributed by atoms with Crippen molar-refractivity contribution in [1.29, 1.82) is 0 Å². The molecule has 0 saturated heterocycles. The smallest absolute Gasteiger partial charge is 0.168 e. The Morgan fingerprint density at radius 2 is 1.85 bits per heavy atom. The first-order valence-corrected chi connectivity index (χ1v) is 7.59. The number of rotatable bonds is 3. The normalized spacial score (nSPS) is 10.8. The first-order valence-electron chi connectivity index (χ1n) is 7.59. The molecule has 1 aromatic carbocycles. The summed E-state index contributed by atoms with van der Waals surface area (Å²) < 4.78 is 27.1. The molecular weight excluding hydrogens is 340 g/mol. The van der Waals surface area contributed by atoms with Crippen LogP contribution < -0.4 is 5.32 Å². The van der Waals surface area contributed by atoms with Gasteiger partial charge in [-0.05, 0) is 30.3 Å². The highest BCUT2D eigenvalue weighted by atomic mass is 19.1. The molecular formula is C18H11F2N5O. The fourth-order valence-electron chi connectivity index (χ4n) is 2.45. The highest BCUT2D eigenvalue weighted by molar-refractivity contribution is 5.92. The molecule has 0 aliphatic rings. The first kappa shape index (κ1) is 15.8. The molecule has 0 atom stereocenters. The molecule has 0 spiro atoms. The molecule has 128 valence electrons. The van der Waals surface area contributed by atoms with Crippen LogP contribution in [-0.4, -0.2) is 25.0 Å². The Labute approximate surface area is 146 Å². The van der Waals surface area contributed by atoms with E-state index in [9.17, 15) is 13.9 Å². The number of fused-ring (bicyclic) bond motifs is 1. The molecule has 26 heavy (non-hydrogen) atoms. The fraction of sp³-hybridized carbons (Fsp3) is 0. The second kappa shape index (κ2) is 6.32. The maximum absolute atomic E-state index is 14.0. The largest absolute Gasteiger partial charge is 0.508 e. The number of anilines is 2. The van der Waals surface area contributed by atoms with Crippen LogP contribution in [0.5, 0.6) is 5.75 Å². The van der Waals surface area contributed by atoms with Crippen LogP contribution in [-0.2, 0) is 0 Å². The Morgan fingerprint density at radius 1 is 0.962 bits per heavy atom. The van der Waals surface area contributed by atoms with E-state index in [1.54, 1.807) is 30.6 Å². The Balaban J connectivity index is 1.89. The highest BCUT2D eigenvalue weighted by Crippen LogP contribution is 2.29. The Kier molecular flexibility index (Phi) is 3.85. The molecule has 2 N–H and O–H groups in total. The van der Waals surface area contributed by atoms with Crippen molar-refractivity contribution in [3.63, 3.8) is 0 Å². The molecule has 0 unspecified atom stereocenters. The quantitative estimate of drug-likeness (QED) is 0.584. The van der Waals surface area contributed by atoms with E-state index in [0.717, 1.165) is 12.3 Å². The summed E-state index contributed by atoms with van der Waals surface area (Å²) in [5, 5.41) is 13.0. The number of aromatic hydroxyl groups is 1. The first-order chi connectivity index (χ1) is 12.6. The van der Waals surface area contributed by atoms with Crippen molar-refractivity contribution in [2.45, 2.75) is 0 Å². The fourth-order valence-corrected chi connectivity index (χ4v) is 2.45. The average Bonchev–Trinajstić information content (AvgIpc) is 2.65. The van der Waals surface area contributed by atoms with Gasteiger partial charge in [-0.3, -0.25) is 4.98 Å². The van der Waals surface area contributed by atoms with E-state index >= 15 is 0 Å². The zero-order valence-electron chi connectivity index (χ0n) is 13.2. The SMILES string of the molecule is Oc1ccc2nc(-c3cccnc3)nc(Nc3ncc(F)cc3F)c2c1. The maximum Gasteiger partial charge on any atom is 0.168 e. The van der Waals surface area contributed by atoms with Crippen LogP contribution in [0.4, 0.5) is 20.4 Å². The van der Waals surface area contributed by atoms with Gasteiger partial charge in [-0.25, -0.2) is 23.7 Å². The van der Waals surface area contributed by atoms with Crippen LogP contribution in [0.25, 0.3) is 22.3 Å². The maximum atomic E-state index is 14.0. The molecule has 0 aliphatic carbocycles. The molecule has 0 aliphatic heterocycles. The summed E-state index contributed by atoms with van der Waals surface area (Å²) in [6.45, 7) is 0. The molecule has 0 amide bonds. The molecule has 0 bridgehead atoms. The van der Waals surface area contributed by atoms with Crippen LogP contribution in [0.1, 0.15) is 0 Å². The number of halogens is 2. The van der Waals surface area contributed by atoms with Gasteiger partial charge in [0.2, 0.25) is 0 Å². The molecule has 0 radical (unpaired) electrons. The summed E-state index contributed by atoms with van der Waals surface area (Å²) in [7, 11) is 0. The summed E-state index contributed by atoms with van der Waals surface area (Å²) in [5.41, 5.74) is 1.19. The highest BCUT2D eigenvalue weighted by Gasteiger charge is 2.13. The van der Waals surface area contributed by atoms with Crippen LogP contribution in [0.2, 0.25) is 0 Å². The van der Waals surface area contributed by atoms with E-state index in [2.05, 4.69) is 25.3 Å². The standard InChI is InChI=1S/C18H11F2N5O/c19-11-6-14(20)18(22-9-11)25-17-13-7-12(26)3-4-15(13)23-16(24-17)10-2-1-5-21-8-10/h1-9,26H,(H,22,23,24,25). The third-order valence-electron chi connectivity index (χ3n) is 3.64. The predicted octanol–water partition coefficient (Wildman–Crippen LogP) is 3.81. The van der Waals surface area contributed by atoms with Crippen molar-refractivity contribution < 1.29 is 13.9 Å². The second-order valence-electron chi connectivity index (χ2n) is 5.45. The summed E-state index contributed by atoms with van der Waals surface area (Å²) in [5.74, 6) is -1.24. The van der Waals surface area contributed by atoms with Crippen molar-refractivity contribution in [2.75, 3.05) is 5.32 Å². The minimum absolute atomic E-state index is 0.00538. The number of aromatic nitrogens is 4. The summed E-state index contributed by atoms with van der Waals surface area (Å²) in [6, 6.07) is 8.81. The molecule has 8 heteroatoms. The minimum Gasteiger partial charge on any atom is -0.508 e. The Bertz CT molecular complexity index is 1110. The zero-order valence-corrected chi connectivity index (χ0v) is 13.2. The van der Waals surface area contributed by atoms with Crippen molar-refractivity contribution >= 4 is 22.5 Å². The van der Waals surface area contributed by atoms with Gasteiger partial charge in [0.1, 0.15) is 17.4 Å². The number of phenolic OH excluding ortho intramolecular Hbond substituents is 1. The van der Waals surface area contributed by atoms with Gasteiger partial charge in [-0.15, -0.1) is 0 Å². The van der Waals surface area contributed by atoms with Crippen LogP contribution in [0.3, 0.4) is 0 Å². The van der Waals surface area contributed by atoms with Gasteiger partial charge < -0.3 is 10.4 Å². The number of benzene rings is 1. The summed E-state index contributed by atoms with van der Waals surface area (Å²) in [6.07, 6.45) is 4.12. The lowest BCUT2D eigenvalue weighted by atomic mass is 10.2. The van der Waals surface area contributed by atoms with Crippen LogP contribution in [0.15, 0.2) is 55.0 Å². The molecule has 3 heterocycles. The van der Waals surface area contributed by atoms with Crippen LogP contribution in [0, 0.1) is 11.6 Å². The topological polar surface area (TPSA) is 83.8 Å². The number of hydrogen-bond donors (Lipinski definition) is 2. The lowest BCUT2D eigenvalue weighted by Gasteiger charge is -2.11. The predicted molar refractivity (Wildman–Crippen MR) is 91.9 cm³/mol. The van der Waals surface area contributed by atoms with Gasteiger partial charge in [0.05, 0.1) is 11.7 Å². The van der Waals surface area contributed by atoms with Crippen molar-refractivity contribution in [3.8, 4) is 17.1 Å². The van der Waals surface area contributed by atoms with E-state index < -0.39 is 11.6 Å². The lowest BCUT2D eigenvalue weighted by Crippen LogP contribution is -2.03. The molecule has 6 nitrogen and oxygen atoms in total. The third kappa shape index (κ3) is 3.00. The number of nitrogens with zero attached hydrogens (tertiary/aromatic N) is 4. The monoisotopic (exact) mass is 351 g/mol. The average molecular weight is 351 g/mol. The van der Waals surface area contributed by atoms with Gasteiger partial charge in [-0.2, -0.15) is 0 Å². The molecule has 4 rings (SSSR count).